The van der Waals surface area contributed by atoms with Gasteiger partial charge >= 0.3 is 0 Å². The van der Waals surface area contributed by atoms with E-state index in [0.717, 1.165) is 37.9 Å². The summed E-state index contributed by atoms with van der Waals surface area (Å²) < 4.78 is 0. The van der Waals surface area contributed by atoms with E-state index in [1.165, 1.54) is 19.3 Å². The number of hydrogen-bond acceptors (Lipinski definition) is 2. The molecule has 98 valence electrons. The zero-order valence-corrected chi connectivity index (χ0v) is 11.2. The Morgan fingerprint density at radius 1 is 1.18 bits per heavy atom. The summed E-state index contributed by atoms with van der Waals surface area (Å²) in [6.07, 6.45) is 4.96. The van der Waals surface area contributed by atoms with Gasteiger partial charge in [0.1, 0.15) is 0 Å². The minimum absolute atomic E-state index is 0.192. The fourth-order valence-electron chi connectivity index (χ4n) is 3.26. The number of piperidine rings is 1. The first-order chi connectivity index (χ1) is 8.15. The second kappa shape index (κ2) is 5.85. The molecule has 4 unspecified atom stereocenters. The maximum absolute atomic E-state index is 12.0. The maximum atomic E-state index is 12.0. The first-order valence-electron chi connectivity index (χ1n) is 7.13. The Bertz CT molecular complexity index is 267. The molecule has 1 amide bonds. The van der Waals surface area contributed by atoms with Crippen LogP contribution < -0.4 is 10.6 Å². The van der Waals surface area contributed by atoms with E-state index in [1.54, 1.807) is 0 Å². The topological polar surface area (TPSA) is 41.1 Å². The number of carbonyl (C=O) groups excluding carboxylic acids is 1. The van der Waals surface area contributed by atoms with Gasteiger partial charge in [-0.25, -0.2) is 0 Å². The molecule has 0 aromatic heterocycles. The summed E-state index contributed by atoms with van der Waals surface area (Å²) in [4.78, 5) is 12.0. The van der Waals surface area contributed by atoms with Crippen LogP contribution in [-0.2, 0) is 4.79 Å². The maximum Gasteiger partial charge on any atom is 0.224 e. The average molecular weight is 238 g/mol. The van der Waals surface area contributed by atoms with Gasteiger partial charge in [0, 0.05) is 13.1 Å². The zero-order chi connectivity index (χ0) is 12.3. The van der Waals surface area contributed by atoms with Crippen LogP contribution in [-0.4, -0.2) is 25.5 Å². The van der Waals surface area contributed by atoms with Gasteiger partial charge in [-0.05, 0) is 43.6 Å². The first-order valence-corrected chi connectivity index (χ1v) is 7.13. The van der Waals surface area contributed by atoms with Gasteiger partial charge in [0.25, 0.3) is 0 Å². The molecule has 1 heterocycles. The van der Waals surface area contributed by atoms with E-state index in [1.807, 2.05) is 0 Å². The highest BCUT2D eigenvalue weighted by Crippen LogP contribution is 2.29. The third kappa shape index (κ3) is 3.70. The third-order valence-electron chi connectivity index (χ3n) is 4.31. The van der Waals surface area contributed by atoms with Crippen molar-refractivity contribution in [2.45, 2.75) is 39.5 Å². The van der Waals surface area contributed by atoms with E-state index >= 15 is 0 Å². The monoisotopic (exact) mass is 238 g/mol. The van der Waals surface area contributed by atoms with E-state index < -0.39 is 0 Å². The highest BCUT2D eigenvalue weighted by atomic mass is 16.1. The molecule has 2 N–H and O–H groups in total. The fourth-order valence-corrected chi connectivity index (χ4v) is 3.26. The highest BCUT2D eigenvalue weighted by molar-refractivity contribution is 5.79. The van der Waals surface area contributed by atoms with Gasteiger partial charge in [0.2, 0.25) is 5.91 Å². The third-order valence-corrected chi connectivity index (χ3v) is 4.31. The first kappa shape index (κ1) is 12.9. The SMILES string of the molecule is CC1CCC(CNC(=O)C2CNCC(C)C2)C1. The quantitative estimate of drug-likeness (QED) is 0.787. The Kier molecular flexibility index (Phi) is 4.43. The zero-order valence-electron chi connectivity index (χ0n) is 11.2. The van der Waals surface area contributed by atoms with Crippen molar-refractivity contribution in [2.24, 2.45) is 23.7 Å². The lowest BCUT2D eigenvalue weighted by Gasteiger charge is -2.27. The van der Waals surface area contributed by atoms with Gasteiger partial charge < -0.3 is 10.6 Å². The number of amides is 1. The number of hydrogen-bond donors (Lipinski definition) is 2. The van der Waals surface area contributed by atoms with Crippen molar-refractivity contribution in [1.82, 2.24) is 10.6 Å². The Hall–Kier alpha value is -0.570. The van der Waals surface area contributed by atoms with Gasteiger partial charge in [0.05, 0.1) is 5.92 Å². The van der Waals surface area contributed by atoms with E-state index in [4.69, 9.17) is 0 Å². The van der Waals surface area contributed by atoms with Gasteiger partial charge in [0.15, 0.2) is 0 Å². The molecular formula is C14H26N2O. The van der Waals surface area contributed by atoms with Crippen molar-refractivity contribution >= 4 is 5.91 Å². The van der Waals surface area contributed by atoms with Crippen LogP contribution in [0.15, 0.2) is 0 Å². The summed E-state index contributed by atoms with van der Waals surface area (Å²) in [6.45, 7) is 7.34. The van der Waals surface area contributed by atoms with Crippen LogP contribution in [0.2, 0.25) is 0 Å². The predicted octanol–water partition coefficient (Wildman–Crippen LogP) is 1.78. The van der Waals surface area contributed by atoms with Crippen molar-refractivity contribution in [3.63, 3.8) is 0 Å². The molecule has 0 radical (unpaired) electrons. The molecule has 0 aromatic rings. The number of nitrogens with one attached hydrogen (secondary N) is 2. The second-order valence-corrected chi connectivity index (χ2v) is 6.23. The van der Waals surface area contributed by atoms with Crippen molar-refractivity contribution in [3.05, 3.63) is 0 Å². The molecule has 2 aliphatic rings. The summed E-state index contributed by atoms with van der Waals surface area (Å²) in [5, 5.41) is 6.50. The second-order valence-electron chi connectivity index (χ2n) is 6.23. The fraction of sp³-hybridized carbons (Fsp3) is 0.929. The molecule has 1 aliphatic carbocycles. The summed E-state index contributed by atoms with van der Waals surface area (Å²) in [6, 6.07) is 0. The Balaban J connectivity index is 1.69. The molecule has 17 heavy (non-hydrogen) atoms. The Labute approximate surface area is 105 Å². The number of rotatable bonds is 3. The molecule has 2 rings (SSSR count). The summed E-state index contributed by atoms with van der Waals surface area (Å²) in [7, 11) is 0. The van der Waals surface area contributed by atoms with E-state index in [-0.39, 0.29) is 11.8 Å². The predicted molar refractivity (Wildman–Crippen MR) is 69.7 cm³/mol. The van der Waals surface area contributed by atoms with Crippen LogP contribution in [0.1, 0.15) is 39.5 Å². The Morgan fingerprint density at radius 2 is 2.00 bits per heavy atom. The standard InChI is InChI=1S/C14H26N2O/c1-10-3-4-12(5-10)8-16-14(17)13-6-11(2)7-15-9-13/h10-13,15H,3-9H2,1-2H3,(H,16,17). The molecule has 1 saturated heterocycles. The van der Waals surface area contributed by atoms with Crippen LogP contribution in [0.3, 0.4) is 0 Å². The molecule has 0 aromatic carbocycles. The summed E-state index contributed by atoms with van der Waals surface area (Å²) >= 11 is 0. The van der Waals surface area contributed by atoms with Crippen LogP contribution >= 0.6 is 0 Å². The lowest BCUT2D eigenvalue weighted by Crippen LogP contribution is -2.44. The minimum Gasteiger partial charge on any atom is -0.356 e. The van der Waals surface area contributed by atoms with Crippen molar-refractivity contribution < 1.29 is 4.79 Å². The lowest BCUT2D eigenvalue weighted by molar-refractivity contribution is -0.126. The molecule has 0 bridgehead atoms. The molecular weight excluding hydrogens is 212 g/mol. The molecule has 2 fully saturated rings. The average Bonchev–Trinajstić information content (AvgIpc) is 2.72. The van der Waals surface area contributed by atoms with Gasteiger partial charge in [-0.3, -0.25) is 4.79 Å². The van der Waals surface area contributed by atoms with Gasteiger partial charge in [-0.1, -0.05) is 20.3 Å². The molecule has 3 heteroatoms. The number of carbonyl (C=O) groups is 1. The van der Waals surface area contributed by atoms with Gasteiger partial charge in [-0.2, -0.15) is 0 Å². The van der Waals surface area contributed by atoms with Crippen molar-refractivity contribution in [2.75, 3.05) is 19.6 Å². The molecule has 1 saturated carbocycles. The van der Waals surface area contributed by atoms with Crippen molar-refractivity contribution in [3.8, 4) is 0 Å². The van der Waals surface area contributed by atoms with Crippen LogP contribution in [0.5, 0.6) is 0 Å². The van der Waals surface area contributed by atoms with E-state index in [2.05, 4.69) is 24.5 Å². The highest BCUT2D eigenvalue weighted by Gasteiger charge is 2.26. The summed E-state index contributed by atoms with van der Waals surface area (Å²) in [5.41, 5.74) is 0. The normalized spacial score (nSPS) is 38.0. The van der Waals surface area contributed by atoms with Crippen LogP contribution in [0, 0.1) is 23.7 Å². The van der Waals surface area contributed by atoms with Crippen LogP contribution in [0.4, 0.5) is 0 Å². The molecule has 3 nitrogen and oxygen atoms in total. The minimum atomic E-state index is 0.192. The van der Waals surface area contributed by atoms with E-state index in [0.29, 0.717) is 5.92 Å². The smallest absolute Gasteiger partial charge is 0.224 e. The molecule has 4 atom stereocenters. The molecule has 1 aliphatic heterocycles. The lowest BCUT2D eigenvalue weighted by atomic mass is 9.91. The van der Waals surface area contributed by atoms with Gasteiger partial charge in [-0.15, -0.1) is 0 Å². The van der Waals surface area contributed by atoms with Crippen molar-refractivity contribution in [1.29, 1.82) is 0 Å². The largest absolute Gasteiger partial charge is 0.356 e. The Morgan fingerprint density at radius 3 is 2.65 bits per heavy atom. The molecule has 0 spiro atoms. The van der Waals surface area contributed by atoms with E-state index in [9.17, 15) is 4.79 Å². The van der Waals surface area contributed by atoms with Crippen LogP contribution in [0.25, 0.3) is 0 Å². The summed E-state index contributed by atoms with van der Waals surface area (Å²) in [5.74, 6) is 2.67.